The summed E-state index contributed by atoms with van der Waals surface area (Å²) in [6, 6.07) is 18.2. The van der Waals surface area contributed by atoms with E-state index in [0.717, 1.165) is 48.3 Å². The Kier molecular flexibility index (Phi) is 5.80. The van der Waals surface area contributed by atoms with Crippen molar-refractivity contribution in [2.75, 3.05) is 27.7 Å². The molecule has 1 aliphatic carbocycles. The van der Waals surface area contributed by atoms with Gasteiger partial charge in [-0.1, -0.05) is 48.5 Å². The summed E-state index contributed by atoms with van der Waals surface area (Å²) in [5.74, 6) is 0.928. The molecule has 138 valence electrons. The number of nitrogens with zero attached hydrogens (tertiary/aromatic N) is 1. The van der Waals surface area contributed by atoms with Gasteiger partial charge in [-0.3, -0.25) is 0 Å². The Morgan fingerprint density at radius 2 is 1.92 bits per heavy atom. The van der Waals surface area contributed by atoms with Crippen LogP contribution < -0.4 is 4.74 Å². The van der Waals surface area contributed by atoms with Crippen molar-refractivity contribution in [3.05, 3.63) is 71.3 Å². The van der Waals surface area contributed by atoms with Gasteiger partial charge in [-0.05, 0) is 62.2 Å². The van der Waals surface area contributed by atoms with Crippen LogP contribution in [0.3, 0.4) is 0 Å². The first-order valence-corrected chi connectivity index (χ1v) is 9.31. The fraction of sp³-hybridized carbons (Fsp3) is 0.391. The summed E-state index contributed by atoms with van der Waals surface area (Å²) >= 11 is 0. The molecule has 2 aromatic carbocycles. The molecule has 1 N–H and O–H groups in total. The lowest BCUT2D eigenvalue weighted by Crippen LogP contribution is -2.44. The first-order valence-electron chi connectivity index (χ1n) is 9.31. The summed E-state index contributed by atoms with van der Waals surface area (Å²) in [7, 11) is 5.81. The van der Waals surface area contributed by atoms with Crippen LogP contribution in [-0.4, -0.2) is 37.8 Å². The second-order valence-corrected chi connectivity index (χ2v) is 7.43. The van der Waals surface area contributed by atoms with Crippen molar-refractivity contribution < 1.29 is 9.84 Å². The fourth-order valence-corrected chi connectivity index (χ4v) is 4.08. The minimum atomic E-state index is -0.979. The lowest BCUT2D eigenvalue weighted by atomic mass is 9.67. The second kappa shape index (κ2) is 8.07. The largest absolute Gasteiger partial charge is 0.497 e. The van der Waals surface area contributed by atoms with E-state index in [0.29, 0.717) is 0 Å². The van der Waals surface area contributed by atoms with E-state index >= 15 is 0 Å². The van der Waals surface area contributed by atoms with Crippen molar-refractivity contribution in [3.8, 4) is 5.75 Å². The lowest BCUT2D eigenvalue weighted by molar-refractivity contribution is -0.0175. The van der Waals surface area contributed by atoms with Crippen LogP contribution >= 0.6 is 0 Å². The molecule has 2 aromatic rings. The zero-order chi connectivity index (χ0) is 18.6. The van der Waals surface area contributed by atoms with Gasteiger partial charge in [0.05, 0.1) is 7.11 Å². The van der Waals surface area contributed by atoms with E-state index < -0.39 is 5.60 Å². The number of hydrogen-bond acceptors (Lipinski definition) is 3. The Hall–Kier alpha value is -2.10. The van der Waals surface area contributed by atoms with E-state index in [1.165, 1.54) is 0 Å². The highest BCUT2D eigenvalue weighted by Gasteiger charge is 2.44. The Morgan fingerprint density at radius 1 is 1.15 bits per heavy atom. The Labute approximate surface area is 156 Å². The zero-order valence-corrected chi connectivity index (χ0v) is 16.0. The van der Waals surface area contributed by atoms with E-state index in [-0.39, 0.29) is 5.92 Å². The Bertz CT molecular complexity index is 754. The molecule has 3 heteroatoms. The summed E-state index contributed by atoms with van der Waals surface area (Å²) in [5.41, 5.74) is 2.17. The average molecular weight is 351 g/mol. The molecule has 0 saturated heterocycles. The van der Waals surface area contributed by atoms with Gasteiger partial charge in [-0.25, -0.2) is 0 Å². The predicted molar refractivity (Wildman–Crippen MR) is 107 cm³/mol. The first-order chi connectivity index (χ1) is 12.5. The molecule has 1 saturated carbocycles. The van der Waals surface area contributed by atoms with E-state index in [1.54, 1.807) is 7.11 Å². The quantitative estimate of drug-likeness (QED) is 0.870. The molecule has 0 radical (unpaired) electrons. The van der Waals surface area contributed by atoms with E-state index in [1.807, 2.05) is 42.5 Å². The molecule has 3 nitrogen and oxygen atoms in total. The average Bonchev–Trinajstić information content (AvgIpc) is 2.65. The van der Waals surface area contributed by atoms with Crippen LogP contribution in [0.1, 0.15) is 30.4 Å². The van der Waals surface area contributed by atoms with Crippen molar-refractivity contribution >= 4 is 6.08 Å². The highest BCUT2D eigenvalue weighted by atomic mass is 16.5. The van der Waals surface area contributed by atoms with Crippen molar-refractivity contribution in [2.24, 2.45) is 5.92 Å². The third-order valence-electron chi connectivity index (χ3n) is 5.31. The molecule has 0 spiro atoms. The second-order valence-electron chi connectivity index (χ2n) is 7.43. The van der Waals surface area contributed by atoms with Gasteiger partial charge >= 0.3 is 0 Å². The van der Waals surface area contributed by atoms with Crippen LogP contribution in [0, 0.1) is 5.92 Å². The maximum absolute atomic E-state index is 12.0. The highest BCUT2D eigenvalue weighted by Crippen LogP contribution is 2.47. The van der Waals surface area contributed by atoms with Gasteiger partial charge in [0.2, 0.25) is 0 Å². The molecule has 1 fully saturated rings. The maximum Gasteiger partial charge on any atom is 0.119 e. The van der Waals surface area contributed by atoms with E-state index in [2.05, 4.69) is 37.2 Å². The number of benzene rings is 2. The van der Waals surface area contributed by atoms with Crippen molar-refractivity contribution in [2.45, 2.75) is 24.9 Å². The lowest BCUT2D eigenvalue weighted by Gasteiger charge is -2.44. The van der Waals surface area contributed by atoms with Gasteiger partial charge in [-0.2, -0.15) is 0 Å². The van der Waals surface area contributed by atoms with Gasteiger partial charge in [0.25, 0.3) is 0 Å². The number of methoxy groups -OCH3 is 1. The molecular weight excluding hydrogens is 322 g/mol. The van der Waals surface area contributed by atoms with Crippen LogP contribution in [0.25, 0.3) is 6.08 Å². The summed E-state index contributed by atoms with van der Waals surface area (Å²) in [4.78, 5) is 2.17. The van der Waals surface area contributed by atoms with Crippen molar-refractivity contribution in [1.29, 1.82) is 0 Å². The fourth-order valence-electron chi connectivity index (χ4n) is 4.08. The molecule has 0 amide bonds. The molecule has 0 aromatic heterocycles. The topological polar surface area (TPSA) is 32.7 Å². The van der Waals surface area contributed by atoms with E-state index in [9.17, 15) is 5.11 Å². The van der Waals surface area contributed by atoms with Crippen LogP contribution in [0.15, 0.2) is 60.2 Å². The molecule has 0 heterocycles. The van der Waals surface area contributed by atoms with E-state index in [4.69, 9.17) is 4.74 Å². The van der Waals surface area contributed by atoms with Crippen LogP contribution in [-0.2, 0) is 5.60 Å². The van der Waals surface area contributed by atoms with Gasteiger partial charge in [0.15, 0.2) is 0 Å². The van der Waals surface area contributed by atoms with Crippen molar-refractivity contribution in [3.63, 3.8) is 0 Å². The summed E-state index contributed by atoms with van der Waals surface area (Å²) in [6.07, 6.45) is 5.19. The molecule has 2 unspecified atom stereocenters. The standard InChI is InChI=1S/C23H29NO2/c1-24(2)17-21-13-7-11-19(15-18-9-5-4-6-10-18)23(21,25)20-12-8-14-22(16-20)26-3/h4-6,8-10,12,14-16,21,25H,7,11,13,17H2,1-3H3/b19-15+. The highest BCUT2D eigenvalue weighted by molar-refractivity contribution is 5.57. The molecule has 2 atom stereocenters. The molecule has 0 aliphatic heterocycles. The summed E-state index contributed by atoms with van der Waals surface area (Å²) in [6.45, 7) is 0.847. The van der Waals surface area contributed by atoms with Gasteiger partial charge in [0, 0.05) is 12.5 Å². The minimum Gasteiger partial charge on any atom is -0.497 e. The number of hydrogen-bond donors (Lipinski definition) is 1. The molecule has 0 bridgehead atoms. The van der Waals surface area contributed by atoms with Gasteiger partial charge < -0.3 is 14.7 Å². The van der Waals surface area contributed by atoms with Crippen LogP contribution in [0.2, 0.25) is 0 Å². The molecule has 1 aliphatic rings. The Balaban J connectivity index is 2.10. The monoisotopic (exact) mass is 351 g/mol. The molecule has 26 heavy (non-hydrogen) atoms. The third-order valence-corrected chi connectivity index (χ3v) is 5.31. The van der Waals surface area contributed by atoms with Crippen LogP contribution in [0.4, 0.5) is 0 Å². The molecule has 3 rings (SSSR count). The summed E-state index contributed by atoms with van der Waals surface area (Å²) < 4.78 is 5.42. The first kappa shape index (κ1) is 18.7. The molecular formula is C23H29NO2. The zero-order valence-electron chi connectivity index (χ0n) is 16.0. The van der Waals surface area contributed by atoms with Gasteiger partial charge in [-0.15, -0.1) is 0 Å². The van der Waals surface area contributed by atoms with Gasteiger partial charge in [0.1, 0.15) is 11.4 Å². The Morgan fingerprint density at radius 3 is 2.62 bits per heavy atom. The number of rotatable bonds is 5. The number of aliphatic hydroxyl groups is 1. The van der Waals surface area contributed by atoms with Crippen molar-refractivity contribution in [1.82, 2.24) is 4.90 Å². The normalized spacial score (nSPS) is 24.8. The third kappa shape index (κ3) is 3.84. The maximum atomic E-state index is 12.0. The predicted octanol–water partition coefficient (Wildman–Crippen LogP) is 4.33. The summed E-state index contributed by atoms with van der Waals surface area (Å²) in [5, 5.41) is 12.0. The SMILES string of the molecule is COc1cccc(C2(O)/C(=C/c3ccccc3)CCCC2CN(C)C)c1. The smallest absolute Gasteiger partial charge is 0.119 e. The number of ether oxygens (including phenoxy) is 1. The van der Waals surface area contributed by atoms with Crippen LogP contribution in [0.5, 0.6) is 5.75 Å². The minimum absolute atomic E-state index is 0.147.